The Morgan fingerprint density at radius 2 is 2.16 bits per heavy atom. The van der Waals surface area contributed by atoms with Gasteiger partial charge < -0.3 is 10.1 Å². The molecular weight excluding hydrogens is 329 g/mol. The molecule has 0 spiro atoms. The number of benzene rings is 1. The second-order valence-corrected chi connectivity index (χ2v) is 6.36. The third kappa shape index (κ3) is 3.35. The zero-order valence-electron chi connectivity index (χ0n) is 10.7. The predicted molar refractivity (Wildman–Crippen MR) is 80.5 cm³/mol. The number of ether oxygens (including phenoxy) is 1. The van der Waals surface area contributed by atoms with Crippen LogP contribution in [0.1, 0.15) is 24.1 Å². The summed E-state index contributed by atoms with van der Waals surface area (Å²) in [5.74, 6) is -0.0669. The summed E-state index contributed by atoms with van der Waals surface area (Å²) in [5, 5.41) is 5.44. The molecule has 1 unspecified atom stereocenters. The summed E-state index contributed by atoms with van der Waals surface area (Å²) in [6.07, 6.45) is 0. The molecule has 0 saturated carbocycles. The van der Waals surface area contributed by atoms with Crippen LogP contribution in [0.3, 0.4) is 0 Å². The highest BCUT2D eigenvalue weighted by Gasteiger charge is 2.16. The van der Waals surface area contributed by atoms with Crippen molar-refractivity contribution in [3.05, 3.63) is 50.4 Å². The van der Waals surface area contributed by atoms with Crippen LogP contribution in [-0.2, 0) is 0 Å². The number of hydrogen-bond acceptors (Lipinski definition) is 3. The minimum Gasteiger partial charge on any atom is -0.494 e. The molecular formula is C14H15BrFNOS. The van der Waals surface area contributed by atoms with Gasteiger partial charge in [-0.3, -0.25) is 0 Å². The topological polar surface area (TPSA) is 21.3 Å². The number of hydrogen-bond donors (Lipinski definition) is 1. The van der Waals surface area contributed by atoms with Gasteiger partial charge in [0.25, 0.3) is 0 Å². The molecule has 1 aromatic carbocycles. The van der Waals surface area contributed by atoms with Gasteiger partial charge in [-0.1, -0.05) is 13.0 Å². The molecule has 0 radical (unpaired) electrons. The second-order valence-electron chi connectivity index (χ2n) is 4.07. The van der Waals surface area contributed by atoms with E-state index in [1.807, 2.05) is 13.0 Å². The fourth-order valence-electron chi connectivity index (χ4n) is 1.97. The molecule has 1 aromatic heterocycles. The van der Waals surface area contributed by atoms with Crippen molar-refractivity contribution in [1.29, 1.82) is 0 Å². The Kier molecular flexibility index (Phi) is 4.96. The van der Waals surface area contributed by atoms with E-state index in [-0.39, 0.29) is 17.6 Å². The lowest BCUT2D eigenvalue weighted by Gasteiger charge is -2.18. The Morgan fingerprint density at radius 1 is 1.37 bits per heavy atom. The zero-order valence-corrected chi connectivity index (χ0v) is 13.1. The third-order valence-corrected chi connectivity index (χ3v) is 4.36. The van der Waals surface area contributed by atoms with E-state index >= 15 is 0 Å². The first-order valence-electron chi connectivity index (χ1n) is 5.96. The van der Waals surface area contributed by atoms with Crippen LogP contribution >= 0.6 is 27.3 Å². The van der Waals surface area contributed by atoms with E-state index in [0.29, 0.717) is 0 Å². The number of nitrogens with one attached hydrogen (secondary N) is 1. The van der Waals surface area contributed by atoms with Crippen molar-refractivity contribution < 1.29 is 9.13 Å². The number of halogens is 2. The molecule has 2 rings (SSSR count). The molecule has 19 heavy (non-hydrogen) atoms. The molecule has 102 valence electrons. The van der Waals surface area contributed by atoms with Gasteiger partial charge >= 0.3 is 0 Å². The highest BCUT2D eigenvalue weighted by molar-refractivity contribution is 9.11. The van der Waals surface area contributed by atoms with Gasteiger partial charge in [-0.05, 0) is 57.2 Å². The van der Waals surface area contributed by atoms with Gasteiger partial charge in [-0.2, -0.15) is 0 Å². The Bertz CT molecular complexity index is 558. The average molecular weight is 344 g/mol. The number of methoxy groups -OCH3 is 1. The highest BCUT2D eigenvalue weighted by atomic mass is 79.9. The maximum atomic E-state index is 13.8. The van der Waals surface area contributed by atoms with Crippen molar-refractivity contribution in [2.45, 2.75) is 13.0 Å². The Balaban J connectivity index is 2.36. The average Bonchev–Trinajstić information content (AvgIpc) is 2.82. The Labute approximate surface area is 124 Å². The Morgan fingerprint density at radius 3 is 2.68 bits per heavy atom. The summed E-state index contributed by atoms with van der Waals surface area (Å²) in [6, 6.07) is 7.13. The molecule has 1 atom stereocenters. The van der Waals surface area contributed by atoms with Gasteiger partial charge in [-0.25, -0.2) is 4.39 Å². The predicted octanol–water partition coefficient (Wildman–Crippen LogP) is 4.36. The van der Waals surface area contributed by atoms with Crippen LogP contribution in [-0.4, -0.2) is 13.7 Å². The van der Waals surface area contributed by atoms with Crippen LogP contribution in [0.4, 0.5) is 4.39 Å². The minimum absolute atomic E-state index is 0.00652. The molecule has 2 nitrogen and oxygen atoms in total. The van der Waals surface area contributed by atoms with Gasteiger partial charge in [0.15, 0.2) is 11.6 Å². The maximum absolute atomic E-state index is 13.8. The largest absolute Gasteiger partial charge is 0.494 e. The molecule has 5 heteroatoms. The van der Waals surface area contributed by atoms with E-state index in [1.165, 1.54) is 13.2 Å². The normalized spacial score (nSPS) is 12.4. The molecule has 1 N–H and O–H groups in total. The molecule has 0 aliphatic carbocycles. The van der Waals surface area contributed by atoms with E-state index in [0.717, 1.165) is 21.5 Å². The lowest BCUT2D eigenvalue weighted by atomic mass is 10.0. The van der Waals surface area contributed by atoms with Gasteiger partial charge in [0, 0.05) is 0 Å². The summed E-state index contributed by atoms with van der Waals surface area (Å²) in [6.45, 7) is 2.85. The summed E-state index contributed by atoms with van der Waals surface area (Å²) >= 11 is 5.08. The summed E-state index contributed by atoms with van der Waals surface area (Å²) in [5.41, 5.74) is 2.02. The molecule has 0 fully saturated rings. The second kappa shape index (κ2) is 6.50. The molecule has 0 aliphatic rings. The standard InChI is InChI=1S/C14H15BrFNOS/c1-3-17-14(10-7-13(15)19-8-10)9-4-5-12(18-2)11(16)6-9/h4-8,14,17H,3H2,1-2H3. The van der Waals surface area contributed by atoms with Gasteiger partial charge in [-0.15, -0.1) is 11.3 Å². The molecule has 0 amide bonds. The van der Waals surface area contributed by atoms with E-state index in [9.17, 15) is 4.39 Å². The molecule has 1 heterocycles. The first-order valence-corrected chi connectivity index (χ1v) is 7.63. The van der Waals surface area contributed by atoms with Crippen molar-refractivity contribution in [3.63, 3.8) is 0 Å². The summed E-state index contributed by atoms with van der Waals surface area (Å²) in [4.78, 5) is 0. The number of rotatable bonds is 5. The smallest absolute Gasteiger partial charge is 0.165 e. The van der Waals surface area contributed by atoms with Crippen LogP contribution < -0.4 is 10.1 Å². The fraction of sp³-hybridized carbons (Fsp3) is 0.286. The monoisotopic (exact) mass is 343 g/mol. The first-order chi connectivity index (χ1) is 9.15. The molecule has 0 saturated heterocycles. The summed E-state index contributed by atoms with van der Waals surface area (Å²) in [7, 11) is 1.47. The fourth-order valence-corrected chi connectivity index (χ4v) is 3.17. The van der Waals surface area contributed by atoms with Crippen LogP contribution in [0.25, 0.3) is 0 Å². The van der Waals surface area contributed by atoms with Crippen molar-refractivity contribution >= 4 is 27.3 Å². The minimum atomic E-state index is -0.336. The summed E-state index contributed by atoms with van der Waals surface area (Å²) < 4.78 is 19.8. The van der Waals surface area contributed by atoms with E-state index in [4.69, 9.17) is 4.74 Å². The quantitative estimate of drug-likeness (QED) is 0.870. The maximum Gasteiger partial charge on any atom is 0.165 e. The third-order valence-electron chi connectivity index (χ3n) is 2.84. The molecule has 0 aliphatic heterocycles. The van der Waals surface area contributed by atoms with Crippen molar-refractivity contribution in [2.75, 3.05) is 13.7 Å². The lowest BCUT2D eigenvalue weighted by Crippen LogP contribution is -2.21. The van der Waals surface area contributed by atoms with Gasteiger partial charge in [0.05, 0.1) is 16.9 Å². The van der Waals surface area contributed by atoms with Crippen LogP contribution in [0.2, 0.25) is 0 Å². The van der Waals surface area contributed by atoms with Gasteiger partial charge in [0.2, 0.25) is 0 Å². The van der Waals surface area contributed by atoms with Crippen LogP contribution in [0.15, 0.2) is 33.4 Å². The Hall–Kier alpha value is -0.910. The van der Waals surface area contributed by atoms with Gasteiger partial charge in [0.1, 0.15) is 0 Å². The van der Waals surface area contributed by atoms with Crippen LogP contribution in [0, 0.1) is 5.82 Å². The van der Waals surface area contributed by atoms with Crippen molar-refractivity contribution in [1.82, 2.24) is 5.32 Å². The lowest BCUT2D eigenvalue weighted by molar-refractivity contribution is 0.385. The van der Waals surface area contributed by atoms with Crippen molar-refractivity contribution in [3.8, 4) is 5.75 Å². The SMILES string of the molecule is CCNC(c1csc(Br)c1)c1ccc(OC)c(F)c1. The highest BCUT2D eigenvalue weighted by Crippen LogP contribution is 2.31. The van der Waals surface area contributed by atoms with E-state index in [1.54, 1.807) is 17.4 Å². The number of thiophene rings is 1. The van der Waals surface area contributed by atoms with Crippen molar-refractivity contribution in [2.24, 2.45) is 0 Å². The molecule has 0 bridgehead atoms. The molecule has 2 aromatic rings. The van der Waals surface area contributed by atoms with Crippen LogP contribution in [0.5, 0.6) is 5.75 Å². The first kappa shape index (κ1) is 14.5. The van der Waals surface area contributed by atoms with E-state index in [2.05, 4.69) is 32.7 Å². The van der Waals surface area contributed by atoms with E-state index < -0.39 is 0 Å². The zero-order chi connectivity index (χ0) is 13.8.